The van der Waals surface area contributed by atoms with Crippen molar-refractivity contribution in [1.29, 1.82) is 0 Å². The van der Waals surface area contributed by atoms with Crippen LogP contribution in [-0.2, 0) is 0 Å². The van der Waals surface area contributed by atoms with Gasteiger partial charge in [-0.25, -0.2) is 13.8 Å². The van der Waals surface area contributed by atoms with E-state index >= 15 is 0 Å². The quantitative estimate of drug-likeness (QED) is 0.643. The number of carbonyl (C=O) groups excluding carboxylic acids is 1. The Morgan fingerprint density at radius 3 is 2.48 bits per heavy atom. The topological polar surface area (TPSA) is 63.2 Å². The van der Waals surface area contributed by atoms with Crippen molar-refractivity contribution in [2.75, 3.05) is 17.7 Å². The summed E-state index contributed by atoms with van der Waals surface area (Å²) in [5, 5.41) is 5.67. The van der Waals surface area contributed by atoms with Crippen LogP contribution in [0.2, 0.25) is 5.02 Å². The van der Waals surface area contributed by atoms with Gasteiger partial charge in [-0.1, -0.05) is 17.7 Å². The fourth-order valence-corrected chi connectivity index (χ4v) is 2.49. The van der Waals surface area contributed by atoms with E-state index in [0.29, 0.717) is 16.5 Å². The Hall–Kier alpha value is -3.19. The van der Waals surface area contributed by atoms with Crippen LogP contribution in [0.25, 0.3) is 0 Å². The van der Waals surface area contributed by atoms with Crippen molar-refractivity contribution >= 4 is 34.7 Å². The Morgan fingerprint density at radius 1 is 1.11 bits per heavy atom. The highest BCUT2D eigenvalue weighted by molar-refractivity contribution is 6.31. The van der Waals surface area contributed by atoms with Gasteiger partial charge in [0.25, 0.3) is 5.91 Å². The van der Waals surface area contributed by atoms with Gasteiger partial charge in [-0.3, -0.25) is 4.79 Å². The van der Waals surface area contributed by atoms with Gasteiger partial charge in [-0.15, -0.1) is 0 Å². The van der Waals surface area contributed by atoms with Crippen LogP contribution in [-0.4, -0.2) is 18.0 Å². The molecule has 5 nitrogen and oxygen atoms in total. The molecule has 8 heteroatoms. The van der Waals surface area contributed by atoms with Crippen LogP contribution in [0.4, 0.5) is 26.0 Å². The maximum absolute atomic E-state index is 13.7. The number of hydrogen-bond donors (Lipinski definition) is 2. The predicted octanol–water partition coefficient (Wildman–Crippen LogP) is 5.02. The van der Waals surface area contributed by atoms with E-state index in [-0.39, 0.29) is 17.1 Å². The zero-order valence-corrected chi connectivity index (χ0v) is 14.8. The second kappa shape index (κ2) is 8.01. The van der Waals surface area contributed by atoms with Gasteiger partial charge in [0.05, 0.1) is 18.4 Å². The third kappa shape index (κ3) is 4.32. The molecule has 0 aliphatic carbocycles. The van der Waals surface area contributed by atoms with E-state index in [1.165, 1.54) is 31.5 Å². The van der Waals surface area contributed by atoms with Gasteiger partial charge in [-0.05, 0) is 42.5 Å². The highest BCUT2D eigenvalue weighted by Gasteiger charge is 2.12. The Morgan fingerprint density at radius 2 is 1.85 bits per heavy atom. The minimum Gasteiger partial charge on any atom is -0.495 e. The molecule has 1 heterocycles. The maximum Gasteiger partial charge on any atom is 0.257 e. The minimum absolute atomic E-state index is 0.191. The molecule has 138 valence electrons. The number of aromatic nitrogens is 1. The average molecular weight is 390 g/mol. The molecular weight excluding hydrogens is 376 g/mol. The van der Waals surface area contributed by atoms with Crippen molar-refractivity contribution in [2.45, 2.75) is 0 Å². The highest BCUT2D eigenvalue weighted by Crippen LogP contribution is 2.28. The van der Waals surface area contributed by atoms with Crippen LogP contribution >= 0.6 is 11.6 Å². The molecule has 3 rings (SSSR count). The smallest absolute Gasteiger partial charge is 0.257 e. The number of halogens is 3. The Balaban J connectivity index is 1.75. The summed E-state index contributed by atoms with van der Waals surface area (Å²) in [7, 11) is 1.47. The monoisotopic (exact) mass is 389 g/mol. The molecule has 0 aliphatic heterocycles. The highest BCUT2D eigenvalue weighted by atomic mass is 35.5. The summed E-state index contributed by atoms with van der Waals surface area (Å²) < 4.78 is 32.5. The van der Waals surface area contributed by atoms with Crippen LogP contribution in [0.3, 0.4) is 0 Å². The second-order valence-electron chi connectivity index (χ2n) is 5.45. The Kier molecular flexibility index (Phi) is 5.52. The molecule has 0 aliphatic rings. The number of nitrogens with one attached hydrogen (secondary N) is 2. The minimum atomic E-state index is -0.744. The predicted molar refractivity (Wildman–Crippen MR) is 99.8 cm³/mol. The van der Waals surface area contributed by atoms with Crippen molar-refractivity contribution in [3.05, 3.63) is 76.9 Å². The van der Waals surface area contributed by atoms with Crippen LogP contribution in [0.5, 0.6) is 5.75 Å². The number of benzene rings is 2. The van der Waals surface area contributed by atoms with Gasteiger partial charge in [0, 0.05) is 11.2 Å². The number of ether oxygens (including phenoxy) is 1. The largest absolute Gasteiger partial charge is 0.495 e. The molecule has 0 saturated carbocycles. The first-order valence-electron chi connectivity index (χ1n) is 7.80. The molecule has 2 aromatic carbocycles. The number of anilines is 3. The first-order chi connectivity index (χ1) is 13.0. The van der Waals surface area contributed by atoms with Crippen LogP contribution in [0.15, 0.2) is 54.7 Å². The number of nitrogens with zero attached hydrogens (tertiary/aromatic N) is 1. The van der Waals surface area contributed by atoms with E-state index < -0.39 is 17.5 Å². The summed E-state index contributed by atoms with van der Waals surface area (Å²) in [6.07, 6.45) is 1.29. The van der Waals surface area contributed by atoms with Crippen molar-refractivity contribution in [3.8, 4) is 5.75 Å². The molecule has 0 fully saturated rings. The lowest BCUT2D eigenvalue weighted by Crippen LogP contribution is -2.13. The van der Waals surface area contributed by atoms with Crippen LogP contribution in [0, 0.1) is 11.6 Å². The molecular formula is C19H14ClF2N3O2. The number of hydrogen-bond acceptors (Lipinski definition) is 4. The van der Waals surface area contributed by atoms with E-state index in [4.69, 9.17) is 16.3 Å². The van der Waals surface area contributed by atoms with E-state index in [1.54, 1.807) is 18.2 Å². The lowest BCUT2D eigenvalue weighted by Gasteiger charge is -2.11. The van der Waals surface area contributed by atoms with Crippen molar-refractivity contribution in [2.24, 2.45) is 0 Å². The van der Waals surface area contributed by atoms with Crippen molar-refractivity contribution < 1.29 is 18.3 Å². The lowest BCUT2D eigenvalue weighted by atomic mass is 10.2. The number of pyridine rings is 1. The molecule has 0 bridgehead atoms. The maximum atomic E-state index is 13.7. The molecule has 27 heavy (non-hydrogen) atoms. The molecule has 0 saturated heterocycles. The standard InChI is InChI=1S/C19H14ClF2N3O2/c1-27-16-7-6-12(20)9-15(16)24-19(26)11-5-8-17(23-10-11)25-18-13(21)3-2-4-14(18)22/h2-10H,1H3,(H,23,25)(H,24,26). The van der Waals surface area contributed by atoms with E-state index in [1.807, 2.05) is 0 Å². The molecule has 0 unspecified atom stereocenters. The SMILES string of the molecule is COc1ccc(Cl)cc1NC(=O)c1ccc(Nc2c(F)cccc2F)nc1. The molecule has 0 spiro atoms. The summed E-state index contributed by atoms with van der Waals surface area (Å²) in [6.45, 7) is 0. The van der Waals surface area contributed by atoms with Gasteiger partial charge >= 0.3 is 0 Å². The summed E-state index contributed by atoms with van der Waals surface area (Å²) in [5.74, 6) is -1.28. The second-order valence-corrected chi connectivity index (χ2v) is 5.89. The summed E-state index contributed by atoms with van der Waals surface area (Å²) >= 11 is 5.94. The lowest BCUT2D eigenvalue weighted by molar-refractivity contribution is 0.102. The van der Waals surface area contributed by atoms with Gasteiger partial charge in [0.15, 0.2) is 0 Å². The summed E-state index contributed by atoms with van der Waals surface area (Å²) in [4.78, 5) is 16.4. The van der Waals surface area contributed by atoms with Crippen LogP contribution in [0.1, 0.15) is 10.4 Å². The molecule has 1 aromatic heterocycles. The van der Waals surface area contributed by atoms with E-state index in [9.17, 15) is 13.6 Å². The molecule has 1 amide bonds. The fraction of sp³-hybridized carbons (Fsp3) is 0.0526. The summed E-state index contributed by atoms with van der Waals surface area (Å²) in [5.41, 5.74) is 0.341. The van der Waals surface area contributed by atoms with Gasteiger partial charge < -0.3 is 15.4 Å². The zero-order valence-electron chi connectivity index (χ0n) is 14.1. The normalized spacial score (nSPS) is 10.4. The number of para-hydroxylation sites is 1. The molecule has 3 aromatic rings. The van der Waals surface area contributed by atoms with Gasteiger partial charge in [-0.2, -0.15) is 0 Å². The van der Waals surface area contributed by atoms with Crippen molar-refractivity contribution in [1.82, 2.24) is 4.98 Å². The number of methoxy groups -OCH3 is 1. The molecule has 0 atom stereocenters. The molecule has 0 radical (unpaired) electrons. The Labute approximate surface area is 159 Å². The van der Waals surface area contributed by atoms with E-state index in [2.05, 4.69) is 15.6 Å². The number of amides is 1. The Bertz CT molecular complexity index is 961. The zero-order chi connectivity index (χ0) is 19.4. The third-order valence-electron chi connectivity index (χ3n) is 3.65. The number of rotatable bonds is 5. The first-order valence-corrected chi connectivity index (χ1v) is 8.17. The van der Waals surface area contributed by atoms with Gasteiger partial charge in [0.2, 0.25) is 0 Å². The van der Waals surface area contributed by atoms with Crippen LogP contribution < -0.4 is 15.4 Å². The fourth-order valence-electron chi connectivity index (χ4n) is 2.32. The van der Waals surface area contributed by atoms with Crippen molar-refractivity contribution in [3.63, 3.8) is 0 Å². The molecule has 2 N–H and O–H groups in total. The number of carbonyl (C=O) groups is 1. The first kappa shape index (κ1) is 18.6. The third-order valence-corrected chi connectivity index (χ3v) is 3.89. The average Bonchev–Trinajstić information content (AvgIpc) is 2.65. The summed E-state index contributed by atoms with van der Waals surface area (Å²) in [6, 6.07) is 11.3. The van der Waals surface area contributed by atoms with E-state index in [0.717, 1.165) is 12.1 Å². The van der Waals surface area contributed by atoms with Gasteiger partial charge in [0.1, 0.15) is 28.9 Å².